The molecule has 8 heteroatoms. The summed E-state index contributed by atoms with van der Waals surface area (Å²) in [5, 5.41) is 11.6. The number of rotatable bonds is 9. The molecule has 1 heterocycles. The maximum absolute atomic E-state index is 13.1. The Hall–Kier alpha value is -3.03. The number of methoxy groups -OCH3 is 1. The Morgan fingerprint density at radius 3 is 2.42 bits per heavy atom. The fourth-order valence-corrected chi connectivity index (χ4v) is 4.03. The molecule has 1 amide bonds. The molecule has 0 spiro atoms. The van der Waals surface area contributed by atoms with Crippen LogP contribution in [0.4, 0.5) is 0 Å². The lowest BCUT2D eigenvalue weighted by Crippen LogP contribution is -2.32. The normalized spacial score (nSPS) is 17.6. The first kappa shape index (κ1) is 24.6. The van der Waals surface area contributed by atoms with Crippen molar-refractivity contribution in [1.29, 1.82) is 0 Å². The number of hydrogen-bond donors (Lipinski definition) is 1. The van der Waals surface area contributed by atoms with E-state index in [4.69, 9.17) is 21.1 Å². The molecule has 1 aliphatic heterocycles. The first-order valence-electron chi connectivity index (χ1n) is 10.8. The number of likely N-dealkylation sites (tertiary alicyclic amines) is 1. The second kappa shape index (κ2) is 10.7. The molecular formula is C25H29ClN2O5. The molecule has 1 atom stereocenters. The number of amides is 1. The molecule has 7 nitrogen and oxygen atoms in total. The largest absolute Gasteiger partial charge is 0.507 e. The first-order valence-corrected chi connectivity index (χ1v) is 11.2. The van der Waals surface area contributed by atoms with Crippen LogP contribution < -0.4 is 9.47 Å². The van der Waals surface area contributed by atoms with Crippen molar-refractivity contribution in [2.45, 2.75) is 19.4 Å². The average Bonchev–Trinajstić information content (AvgIpc) is 3.04. The van der Waals surface area contributed by atoms with E-state index in [-0.39, 0.29) is 11.3 Å². The Labute approximate surface area is 199 Å². The second-order valence-electron chi connectivity index (χ2n) is 8.00. The zero-order valence-electron chi connectivity index (χ0n) is 19.3. The van der Waals surface area contributed by atoms with Crippen molar-refractivity contribution in [2.24, 2.45) is 0 Å². The zero-order valence-corrected chi connectivity index (χ0v) is 20.1. The summed E-state index contributed by atoms with van der Waals surface area (Å²) in [7, 11) is 5.43. The van der Waals surface area contributed by atoms with Crippen LogP contribution in [0.5, 0.6) is 11.5 Å². The van der Waals surface area contributed by atoms with Gasteiger partial charge in [-0.25, -0.2) is 0 Å². The number of aliphatic hydroxyl groups is 1. The molecule has 1 N–H and O–H groups in total. The third-order valence-corrected chi connectivity index (χ3v) is 5.72. The highest BCUT2D eigenvalue weighted by atomic mass is 35.5. The lowest BCUT2D eigenvalue weighted by Gasteiger charge is -2.26. The van der Waals surface area contributed by atoms with Gasteiger partial charge in [0.25, 0.3) is 11.7 Å². The standard InChI is InChI=1S/C25H29ClN2O5/c1-5-33-19-12-9-17(15-20(19)32-4)22-21(23(29)16-7-10-18(26)11-8-16)24(30)25(31)28(22)14-6-13-27(2)3/h7-12,15,22,29H,5-6,13-14H2,1-4H3/b23-21+/t22-/m0/s1. The van der Waals surface area contributed by atoms with Crippen molar-refractivity contribution in [3.05, 3.63) is 64.2 Å². The van der Waals surface area contributed by atoms with Crippen LogP contribution in [0.15, 0.2) is 48.0 Å². The Kier molecular flexibility index (Phi) is 8.00. The van der Waals surface area contributed by atoms with E-state index >= 15 is 0 Å². The van der Waals surface area contributed by atoms with Crippen LogP contribution in [0, 0.1) is 0 Å². The number of carbonyl (C=O) groups excluding carboxylic acids is 2. The minimum atomic E-state index is -0.757. The van der Waals surface area contributed by atoms with Gasteiger partial charge in [-0.15, -0.1) is 0 Å². The Morgan fingerprint density at radius 2 is 1.82 bits per heavy atom. The fraction of sp³-hybridized carbons (Fsp3) is 0.360. The molecule has 0 saturated carbocycles. The number of hydrogen-bond acceptors (Lipinski definition) is 6. The van der Waals surface area contributed by atoms with Crippen molar-refractivity contribution in [1.82, 2.24) is 9.80 Å². The molecule has 0 radical (unpaired) electrons. The highest BCUT2D eigenvalue weighted by Gasteiger charge is 2.46. The van der Waals surface area contributed by atoms with Gasteiger partial charge in [0.1, 0.15) is 5.76 Å². The summed E-state index contributed by atoms with van der Waals surface area (Å²) in [5.41, 5.74) is 1.10. The SMILES string of the molecule is CCOc1ccc([C@H]2/C(=C(\O)c3ccc(Cl)cc3)C(=O)C(=O)N2CCCN(C)C)cc1OC. The number of Topliss-reactive ketones (excluding diaryl/α,β-unsaturated/α-hetero) is 1. The summed E-state index contributed by atoms with van der Waals surface area (Å²) in [6.45, 7) is 3.45. The Balaban J connectivity index is 2.12. The van der Waals surface area contributed by atoms with E-state index in [2.05, 4.69) is 0 Å². The van der Waals surface area contributed by atoms with Crippen molar-refractivity contribution >= 4 is 29.1 Å². The third-order valence-electron chi connectivity index (χ3n) is 5.47. The number of aliphatic hydroxyl groups excluding tert-OH is 1. The van der Waals surface area contributed by atoms with Crippen LogP contribution in [-0.4, -0.2) is 67.5 Å². The molecule has 3 rings (SSSR count). The molecular weight excluding hydrogens is 444 g/mol. The van der Waals surface area contributed by atoms with Gasteiger partial charge in [0.15, 0.2) is 11.5 Å². The monoisotopic (exact) mass is 472 g/mol. The number of ketones is 1. The Morgan fingerprint density at radius 1 is 1.12 bits per heavy atom. The minimum Gasteiger partial charge on any atom is -0.507 e. The van der Waals surface area contributed by atoms with E-state index in [1.807, 2.05) is 25.9 Å². The lowest BCUT2D eigenvalue weighted by molar-refractivity contribution is -0.139. The molecule has 1 aliphatic rings. The highest BCUT2D eigenvalue weighted by Crippen LogP contribution is 2.42. The molecule has 1 saturated heterocycles. The maximum Gasteiger partial charge on any atom is 0.295 e. The van der Waals surface area contributed by atoms with Gasteiger partial charge >= 0.3 is 0 Å². The fourth-order valence-electron chi connectivity index (χ4n) is 3.91. The van der Waals surface area contributed by atoms with Crippen LogP contribution in [0.25, 0.3) is 5.76 Å². The third kappa shape index (κ3) is 5.31. The quantitative estimate of drug-likeness (QED) is 0.336. The van der Waals surface area contributed by atoms with Crippen LogP contribution in [0.1, 0.15) is 30.5 Å². The molecule has 0 unspecified atom stereocenters. The average molecular weight is 473 g/mol. The summed E-state index contributed by atoms with van der Waals surface area (Å²) < 4.78 is 11.1. The Bertz CT molecular complexity index is 1050. The lowest BCUT2D eigenvalue weighted by atomic mass is 9.95. The zero-order chi connectivity index (χ0) is 24.1. The number of nitrogens with zero attached hydrogens (tertiary/aromatic N) is 2. The van der Waals surface area contributed by atoms with Gasteiger partial charge in [-0.1, -0.05) is 17.7 Å². The van der Waals surface area contributed by atoms with Gasteiger partial charge in [0.05, 0.1) is 25.3 Å². The van der Waals surface area contributed by atoms with Crippen LogP contribution in [-0.2, 0) is 9.59 Å². The summed E-state index contributed by atoms with van der Waals surface area (Å²) in [4.78, 5) is 29.7. The molecule has 2 aromatic carbocycles. The number of halogens is 1. The van der Waals surface area contributed by atoms with Crippen molar-refractivity contribution in [3.8, 4) is 11.5 Å². The van der Waals surface area contributed by atoms with E-state index in [9.17, 15) is 14.7 Å². The molecule has 0 aliphatic carbocycles. The summed E-state index contributed by atoms with van der Waals surface area (Å²) in [6.07, 6.45) is 0.672. The van der Waals surface area contributed by atoms with E-state index in [1.165, 1.54) is 12.0 Å². The number of benzene rings is 2. The molecule has 33 heavy (non-hydrogen) atoms. The molecule has 0 bridgehead atoms. The maximum atomic E-state index is 13.1. The smallest absolute Gasteiger partial charge is 0.295 e. The van der Waals surface area contributed by atoms with Crippen LogP contribution >= 0.6 is 11.6 Å². The van der Waals surface area contributed by atoms with Crippen LogP contribution in [0.2, 0.25) is 5.02 Å². The van der Waals surface area contributed by atoms with Gasteiger partial charge in [-0.2, -0.15) is 0 Å². The molecule has 2 aromatic rings. The van der Waals surface area contributed by atoms with Gasteiger partial charge in [0.2, 0.25) is 0 Å². The van der Waals surface area contributed by atoms with Gasteiger partial charge in [-0.3, -0.25) is 9.59 Å². The minimum absolute atomic E-state index is 0.0402. The van der Waals surface area contributed by atoms with Gasteiger partial charge in [-0.05, 0) is 75.9 Å². The van der Waals surface area contributed by atoms with Gasteiger partial charge < -0.3 is 24.4 Å². The summed E-state index contributed by atoms with van der Waals surface area (Å²) >= 11 is 5.98. The van der Waals surface area contributed by atoms with E-state index in [1.54, 1.807) is 42.5 Å². The molecule has 0 aromatic heterocycles. The van der Waals surface area contributed by atoms with Gasteiger partial charge in [0, 0.05) is 17.1 Å². The highest BCUT2D eigenvalue weighted by molar-refractivity contribution is 6.46. The van der Waals surface area contributed by atoms with E-state index < -0.39 is 17.7 Å². The molecule has 1 fully saturated rings. The van der Waals surface area contributed by atoms with Crippen molar-refractivity contribution in [3.63, 3.8) is 0 Å². The van der Waals surface area contributed by atoms with E-state index in [0.717, 1.165) is 6.54 Å². The second-order valence-corrected chi connectivity index (χ2v) is 8.44. The summed E-state index contributed by atoms with van der Waals surface area (Å²) in [5.74, 6) is -0.545. The van der Waals surface area contributed by atoms with Crippen LogP contribution in [0.3, 0.4) is 0 Å². The topological polar surface area (TPSA) is 79.3 Å². The summed E-state index contributed by atoms with van der Waals surface area (Å²) in [6, 6.07) is 11.0. The number of carbonyl (C=O) groups is 2. The number of ether oxygens (including phenoxy) is 2. The van der Waals surface area contributed by atoms with E-state index in [0.29, 0.717) is 47.2 Å². The predicted molar refractivity (Wildman–Crippen MR) is 128 cm³/mol. The first-order chi connectivity index (χ1) is 15.8. The predicted octanol–water partition coefficient (Wildman–Crippen LogP) is 4.12. The van der Waals surface area contributed by atoms with Crippen molar-refractivity contribution in [2.75, 3.05) is 40.9 Å². The molecule has 176 valence electrons. The van der Waals surface area contributed by atoms with Crippen molar-refractivity contribution < 1.29 is 24.2 Å².